The van der Waals surface area contributed by atoms with E-state index in [1.807, 2.05) is 48.5 Å². The van der Waals surface area contributed by atoms with Gasteiger partial charge in [-0.1, -0.05) is 42.5 Å². The lowest BCUT2D eigenvalue weighted by molar-refractivity contribution is 0.398. The summed E-state index contributed by atoms with van der Waals surface area (Å²) in [5, 5.41) is 0. The van der Waals surface area contributed by atoms with Crippen molar-refractivity contribution >= 4 is 16.1 Å². The Kier molecular flexibility index (Phi) is 4.73. The first-order valence-corrected chi connectivity index (χ1v) is 9.33. The monoisotopic (exact) mass is 343 g/mol. The third kappa shape index (κ3) is 3.23. The van der Waals surface area contributed by atoms with Crippen LogP contribution in [0, 0.1) is 0 Å². The van der Waals surface area contributed by atoms with E-state index in [1.165, 1.54) is 9.87 Å². The molecule has 3 rings (SSSR count). The maximum atomic E-state index is 12.9. The molecule has 0 bridgehead atoms. The Bertz CT molecular complexity index is 872. The lowest BCUT2D eigenvalue weighted by atomic mass is 9.98. The van der Waals surface area contributed by atoms with E-state index in [0.717, 1.165) is 17.5 Å². The number of nitrogens with zero attached hydrogens (tertiary/aromatic N) is 1. The highest BCUT2D eigenvalue weighted by Crippen LogP contribution is 2.29. The largest absolute Gasteiger partial charge is 0.496 e. The summed E-state index contributed by atoms with van der Waals surface area (Å²) in [5.41, 5.74) is 3.04. The molecule has 0 saturated heterocycles. The van der Waals surface area contributed by atoms with E-state index in [9.17, 15) is 8.42 Å². The Morgan fingerprint density at radius 3 is 2.54 bits per heavy atom. The molecule has 2 aromatic carbocycles. The molecule has 2 aromatic rings. The fraction of sp³-hybridized carbons (Fsp3) is 0.263. The van der Waals surface area contributed by atoms with Gasteiger partial charge < -0.3 is 4.74 Å². The summed E-state index contributed by atoms with van der Waals surface area (Å²) in [6.45, 7) is 0.283. The van der Waals surface area contributed by atoms with Crippen molar-refractivity contribution in [3.05, 3.63) is 70.1 Å². The van der Waals surface area contributed by atoms with E-state index in [4.69, 9.17) is 4.74 Å². The van der Waals surface area contributed by atoms with E-state index < -0.39 is 10.0 Å². The normalized spacial score (nSPS) is 14.2. The van der Waals surface area contributed by atoms with Gasteiger partial charge in [-0.2, -0.15) is 4.31 Å². The van der Waals surface area contributed by atoms with Crippen molar-refractivity contribution < 1.29 is 13.2 Å². The van der Waals surface area contributed by atoms with Gasteiger partial charge in [-0.15, -0.1) is 0 Å². The zero-order chi connectivity index (χ0) is 17.2. The first kappa shape index (κ1) is 16.7. The second-order valence-electron chi connectivity index (χ2n) is 5.88. The minimum absolute atomic E-state index is 0.283. The average Bonchev–Trinajstić information content (AvgIpc) is 2.61. The molecule has 5 heteroatoms. The highest BCUT2D eigenvalue weighted by molar-refractivity contribution is 7.93. The fourth-order valence-corrected chi connectivity index (χ4v) is 4.31. The van der Waals surface area contributed by atoms with Gasteiger partial charge in [0, 0.05) is 19.2 Å². The van der Waals surface area contributed by atoms with Crippen molar-refractivity contribution in [1.82, 2.24) is 4.31 Å². The topological polar surface area (TPSA) is 46.6 Å². The molecule has 1 aliphatic carbocycles. The molecule has 0 aromatic heterocycles. The molecule has 0 heterocycles. The van der Waals surface area contributed by atoms with Gasteiger partial charge in [0.05, 0.1) is 12.0 Å². The number of sulfonamides is 1. The van der Waals surface area contributed by atoms with Crippen LogP contribution in [0.1, 0.15) is 23.1 Å². The van der Waals surface area contributed by atoms with Gasteiger partial charge in [0.25, 0.3) is 0 Å². The SMILES string of the molecule is COc1ccccc1CN(C)S(=O)(=O)C1=Cc2ccccc2CC1. The predicted octanol–water partition coefficient (Wildman–Crippen LogP) is 3.44. The number of aryl methyl sites for hydroxylation is 1. The third-order valence-electron chi connectivity index (χ3n) is 4.34. The molecule has 24 heavy (non-hydrogen) atoms. The molecule has 0 atom stereocenters. The summed E-state index contributed by atoms with van der Waals surface area (Å²) in [4.78, 5) is 0.471. The van der Waals surface area contributed by atoms with Crippen LogP contribution in [0.5, 0.6) is 5.75 Å². The van der Waals surface area contributed by atoms with Gasteiger partial charge >= 0.3 is 0 Å². The molecular weight excluding hydrogens is 322 g/mol. The summed E-state index contributed by atoms with van der Waals surface area (Å²) in [6, 6.07) is 15.4. The summed E-state index contributed by atoms with van der Waals surface area (Å²) >= 11 is 0. The first-order valence-electron chi connectivity index (χ1n) is 7.89. The number of methoxy groups -OCH3 is 1. The van der Waals surface area contributed by atoms with E-state index in [-0.39, 0.29) is 6.54 Å². The number of allylic oxidation sites excluding steroid dienone is 1. The Labute approximate surface area is 143 Å². The number of para-hydroxylation sites is 1. The Hall–Kier alpha value is -2.11. The standard InChI is InChI=1S/C19H21NO3S/c1-20(14-17-9-5-6-10-19(17)23-2)24(21,22)18-12-11-15-7-3-4-8-16(15)13-18/h3-10,13H,11-12,14H2,1-2H3. The maximum absolute atomic E-state index is 12.9. The fourth-order valence-electron chi connectivity index (χ4n) is 2.97. The van der Waals surface area contributed by atoms with Gasteiger partial charge in [-0.25, -0.2) is 8.42 Å². The second kappa shape index (κ2) is 6.79. The maximum Gasteiger partial charge on any atom is 0.239 e. The lowest BCUT2D eigenvalue weighted by Gasteiger charge is -2.23. The van der Waals surface area contributed by atoms with Crippen molar-refractivity contribution in [1.29, 1.82) is 0 Å². The minimum Gasteiger partial charge on any atom is -0.496 e. The van der Waals surface area contributed by atoms with Crippen molar-refractivity contribution in [3.63, 3.8) is 0 Å². The van der Waals surface area contributed by atoms with Gasteiger partial charge in [-0.05, 0) is 36.1 Å². The summed E-state index contributed by atoms with van der Waals surface area (Å²) in [5.74, 6) is 0.697. The Morgan fingerprint density at radius 1 is 1.04 bits per heavy atom. The van der Waals surface area contributed by atoms with E-state index >= 15 is 0 Å². The summed E-state index contributed by atoms with van der Waals surface area (Å²) in [6.07, 6.45) is 3.09. The minimum atomic E-state index is -3.49. The number of hydrogen-bond donors (Lipinski definition) is 0. The van der Waals surface area contributed by atoms with Gasteiger partial charge in [0.2, 0.25) is 10.0 Å². The van der Waals surface area contributed by atoms with Crippen molar-refractivity contribution in [2.45, 2.75) is 19.4 Å². The molecule has 0 N–H and O–H groups in total. The molecule has 0 aliphatic heterocycles. The van der Waals surface area contributed by atoms with Crippen LogP contribution in [0.3, 0.4) is 0 Å². The Morgan fingerprint density at radius 2 is 1.75 bits per heavy atom. The highest BCUT2D eigenvalue weighted by Gasteiger charge is 2.26. The third-order valence-corrected chi connectivity index (χ3v) is 6.27. The van der Waals surface area contributed by atoms with Gasteiger partial charge in [-0.3, -0.25) is 0 Å². The smallest absolute Gasteiger partial charge is 0.239 e. The zero-order valence-corrected chi connectivity index (χ0v) is 14.7. The summed E-state index contributed by atoms with van der Waals surface area (Å²) in [7, 11) is -0.284. The van der Waals surface area contributed by atoms with Crippen LogP contribution in [0.15, 0.2) is 53.4 Å². The highest BCUT2D eigenvalue weighted by atomic mass is 32.2. The quantitative estimate of drug-likeness (QED) is 0.835. The van der Waals surface area contributed by atoms with Crippen LogP contribution < -0.4 is 4.74 Å². The van der Waals surface area contributed by atoms with Crippen LogP contribution in [0.4, 0.5) is 0 Å². The molecule has 0 unspecified atom stereocenters. The lowest BCUT2D eigenvalue weighted by Crippen LogP contribution is -2.28. The zero-order valence-electron chi connectivity index (χ0n) is 13.9. The molecular formula is C19H21NO3S. The molecule has 126 valence electrons. The second-order valence-corrected chi connectivity index (χ2v) is 7.98. The number of benzene rings is 2. The molecule has 0 saturated carbocycles. The predicted molar refractivity (Wildman–Crippen MR) is 96.1 cm³/mol. The van der Waals surface area contributed by atoms with Crippen LogP contribution >= 0.6 is 0 Å². The molecule has 0 radical (unpaired) electrons. The van der Waals surface area contributed by atoms with Crippen molar-refractivity contribution in [2.24, 2.45) is 0 Å². The van der Waals surface area contributed by atoms with E-state index in [2.05, 4.69) is 0 Å². The van der Waals surface area contributed by atoms with E-state index in [0.29, 0.717) is 17.1 Å². The number of ether oxygens (including phenoxy) is 1. The summed E-state index contributed by atoms with van der Waals surface area (Å²) < 4.78 is 32.5. The molecule has 4 nitrogen and oxygen atoms in total. The molecule has 0 fully saturated rings. The van der Waals surface area contributed by atoms with Gasteiger partial charge in [0.15, 0.2) is 0 Å². The molecule has 0 amide bonds. The van der Waals surface area contributed by atoms with Crippen molar-refractivity contribution in [3.8, 4) is 5.75 Å². The van der Waals surface area contributed by atoms with Crippen LogP contribution in [0.2, 0.25) is 0 Å². The Balaban J connectivity index is 1.87. The first-order chi connectivity index (χ1) is 11.5. The van der Waals surface area contributed by atoms with Gasteiger partial charge in [0.1, 0.15) is 5.75 Å². The van der Waals surface area contributed by atoms with Crippen LogP contribution in [-0.2, 0) is 23.0 Å². The molecule has 1 aliphatic rings. The number of rotatable bonds is 5. The van der Waals surface area contributed by atoms with Crippen molar-refractivity contribution in [2.75, 3.05) is 14.2 Å². The van der Waals surface area contributed by atoms with E-state index in [1.54, 1.807) is 20.2 Å². The average molecular weight is 343 g/mol. The van der Waals surface area contributed by atoms with Crippen LogP contribution in [0.25, 0.3) is 6.08 Å². The number of hydrogen-bond acceptors (Lipinski definition) is 3. The number of fused-ring (bicyclic) bond motifs is 1. The van der Waals surface area contributed by atoms with Crippen LogP contribution in [-0.4, -0.2) is 26.9 Å². The molecule has 0 spiro atoms.